The Hall–Kier alpha value is -0.886. The summed E-state index contributed by atoms with van der Waals surface area (Å²) in [4.78, 5) is 2.43. The summed E-state index contributed by atoms with van der Waals surface area (Å²) in [6, 6.07) is 10.3. The molecule has 0 heterocycles. The lowest BCUT2D eigenvalue weighted by molar-refractivity contribution is 0.00563. The highest BCUT2D eigenvalue weighted by atomic mass is 28.4. The van der Waals surface area contributed by atoms with E-state index in [2.05, 4.69) is 55.2 Å². The van der Waals surface area contributed by atoms with Gasteiger partial charge in [0.1, 0.15) is 0 Å². The Kier molecular flexibility index (Phi) is 16.9. The number of rotatable bonds is 21. The van der Waals surface area contributed by atoms with E-state index in [0.717, 1.165) is 18.4 Å². The van der Waals surface area contributed by atoms with Gasteiger partial charge in [-0.3, -0.25) is 4.90 Å². The van der Waals surface area contributed by atoms with Gasteiger partial charge in [-0.1, -0.05) is 56.3 Å². The van der Waals surface area contributed by atoms with Gasteiger partial charge in [0.05, 0.1) is 11.3 Å². The normalized spacial score (nSPS) is 14.6. The van der Waals surface area contributed by atoms with Gasteiger partial charge in [0.15, 0.2) is 0 Å². The first-order valence-electron chi connectivity index (χ1n) is 13.8. The second kappa shape index (κ2) is 18.4. The van der Waals surface area contributed by atoms with Crippen molar-refractivity contribution in [3.05, 3.63) is 42.0 Å². The summed E-state index contributed by atoms with van der Waals surface area (Å²) in [6.45, 7) is 20.2. The van der Waals surface area contributed by atoms with Gasteiger partial charge in [0, 0.05) is 46.2 Å². The van der Waals surface area contributed by atoms with Gasteiger partial charge in [-0.25, -0.2) is 0 Å². The van der Waals surface area contributed by atoms with Crippen LogP contribution in [0.3, 0.4) is 0 Å². The molecule has 0 unspecified atom stereocenters. The maximum Gasteiger partial charge on any atom is 0.519 e. The van der Waals surface area contributed by atoms with E-state index in [4.69, 9.17) is 26.6 Å². The maximum absolute atomic E-state index is 6.42. The molecule has 0 saturated heterocycles. The number of hydrogen-bond donors (Lipinski definition) is 0. The molecule has 0 fully saturated rings. The molecule has 0 amide bonds. The largest absolute Gasteiger partial charge is 0.519 e. The Morgan fingerprint density at radius 3 is 1.28 bits per heavy atom. The third-order valence-corrected chi connectivity index (χ3v) is 13.1. The van der Waals surface area contributed by atoms with Crippen LogP contribution in [-0.4, -0.2) is 80.0 Å². The minimum absolute atomic E-state index is 0.0871. The molecule has 1 rings (SSSR count). The van der Waals surface area contributed by atoms with E-state index in [0.29, 0.717) is 46.2 Å². The highest BCUT2D eigenvalue weighted by Crippen LogP contribution is 2.31. The van der Waals surface area contributed by atoms with Crippen LogP contribution < -0.4 is 0 Å². The minimum atomic E-state index is -3.10. The van der Waals surface area contributed by atoms with Crippen LogP contribution in [0, 0.1) is 0 Å². The highest BCUT2D eigenvalue weighted by Gasteiger charge is 2.58. The number of benzene rings is 1. The first-order valence-corrected chi connectivity index (χ1v) is 17.4. The predicted octanol–water partition coefficient (Wildman–Crippen LogP) is 5.73. The quantitative estimate of drug-likeness (QED) is 0.184. The molecule has 0 aliphatic rings. The summed E-state index contributed by atoms with van der Waals surface area (Å²) in [5, 5.41) is 0. The van der Waals surface area contributed by atoms with E-state index in [1.165, 1.54) is 0 Å². The molecule has 0 aliphatic carbocycles. The molecule has 208 valence electrons. The van der Waals surface area contributed by atoms with Crippen molar-refractivity contribution in [1.82, 2.24) is 4.90 Å². The molecular weight excluding hydrogens is 490 g/mol. The van der Waals surface area contributed by atoms with Gasteiger partial charge in [0.25, 0.3) is 0 Å². The summed E-state index contributed by atoms with van der Waals surface area (Å²) in [7, 11) is -6.19. The molecule has 36 heavy (non-hydrogen) atoms. The molecule has 1 aromatic carbocycles. The summed E-state index contributed by atoms with van der Waals surface area (Å²) < 4.78 is 38.5. The second-order valence-corrected chi connectivity index (χ2v) is 13.6. The first-order chi connectivity index (χ1) is 17.5. The molecule has 0 aliphatic heterocycles. The van der Waals surface area contributed by atoms with Gasteiger partial charge in [-0.05, 0) is 59.9 Å². The van der Waals surface area contributed by atoms with Gasteiger partial charge in [0.2, 0.25) is 0 Å². The summed E-state index contributed by atoms with van der Waals surface area (Å²) in [5.74, 6) is 0. The molecule has 1 aromatic rings. The molecule has 0 bridgehead atoms. The molecule has 7 nitrogen and oxygen atoms in total. The topological polar surface area (TPSA) is 58.6 Å². The average Bonchev–Trinajstić information content (AvgIpc) is 2.86. The second-order valence-electron chi connectivity index (χ2n) is 8.16. The van der Waals surface area contributed by atoms with Crippen LogP contribution in [0.25, 0.3) is 6.08 Å². The van der Waals surface area contributed by atoms with Crippen LogP contribution in [0.15, 0.2) is 36.4 Å². The minimum Gasteiger partial charge on any atom is -0.373 e. The van der Waals surface area contributed by atoms with Crippen molar-refractivity contribution in [3.8, 4) is 0 Å². The molecule has 0 aromatic heterocycles. The molecule has 2 atom stereocenters. The van der Waals surface area contributed by atoms with E-state index < -0.39 is 17.6 Å². The predicted molar refractivity (Wildman–Crippen MR) is 152 cm³/mol. The van der Waals surface area contributed by atoms with Crippen LogP contribution in [0.1, 0.15) is 73.8 Å². The zero-order chi connectivity index (χ0) is 26.9. The first kappa shape index (κ1) is 33.1. The van der Waals surface area contributed by atoms with Crippen molar-refractivity contribution in [1.29, 1.82) is 0 Å². The summed E-state index contributed by atoms with van der Waals surface area (Å²) >= 11 is 0. The van der Waals surface area contributed by atoms with Crippen LogP contribution >= 0.6 is 0 Å². The van der Waals surface area contributed by atoms with Crippen LogP contribution in [0.4, 0.5) is 0 Å². The van der Waals surface area contributed by atoms with Gasteiger partial charge in [-0.15, -0.1) is 0 Å². The smallest absolute Gasteiger partial charge is 0.373 e. The SMILES string of the molecule is CCO[Si](OCC)(OCC)[C@@H](CC)N(C/C=C\c1ccccc1)[C@H](CC)[Si](OCC)(OCC)OCC. The average molecular weight is 542 g/mol. The lowest BCUT2D eigenvalue weighted by Gasteiger charge is -2.47. The summed E-state index contributed by atoms with van der Waals surface area (Å²) in [6.07, 6.45) is 5.96. The fourth-order valence-electron chi connectivity index (χ4n) is 4.76. The van der Waals surface area contributed by atoms with E-state index in [1.54, 1.807) is 0 Å². The Morgan fingerprint density at radius 2 is 0.972 bits per heavy atom. The zero-order valence-corrected chi connectivity index (χ0v) is 26.0. The lowest BCUT2D eigenvalue weighted by Crippen LogP contribution is -2.70. The third kappa shape index (κ3) is 9.14. The fourth-order valence-corrected chi connectivity index (χ4v) is 11.4. The van der Waals surface area contributed by atoms with E-state index >= 15 is 0 Å². The Balaban J connectivity index is 3.67. The lowest BCUT2D eigenvalue weighted by atomic mass is 10.2. The number of nitrogens with zero attached hydrogens (tertiary/aromatic N) is 1. The Bertz CT molecular complexity index is 641. The fraction of sp³-hybridized carbons (Fsp3) is 0.704. The van der Waals surface area contributed by atoms with Crippen LogP contribution in [0.2, 0.25) is 0 Å². The van der Waals surface area contributed by atoms with Crippen molar-refractivity contribution in [2.24, 2.45) is 0 Å². The standard InChI is InChI=1S/C27H51NO6Si2/c1-9-26(35(29-11-3,30-12-4)31-13-5)28(24-20-23-25-21-18-17-19-22-25)27(10-2)36(32-14-6,33-15-7)34-16-8/h17-23,26-27H,9-16,24H2,1-8H3/b23-20-/t26-,27-/m0/s1. The van der Waals surface area contributed by atoms with Crippen molar-refractivity contribution >= 4 is 23.7 Å². The zero-order valence-electron chi connectivity index (χ0n) is 24.0. The van der Waals surface area contributed by atoms with Crippen molar-refractivity contribution < 1.29 is 26.6 Å². The van der Waals surface area contributed by atoms with Crippen LogP contribution in [0.5, 0.6) is 0 Å². The monoisotopic (exact) mass is 541 g/mol. The highest BCUT2D eigenvalue weighted by molar-refractivity contribution is 6.64. The molecule has 0 saturated carbocycles. The van der Waals surface area contributed by atoms with Crippen molar-refractivity contribution in [2.75, 3.05) is 46.2 Å². The molecule has 0 radical (unpaired) electrons. The Morgan fingerprint density at radius 1 is 0.611 bits per heavy atom. The van der Waals surface area contributed by atoms with Crippen molar-refractivity contribution in [2.45, 2.75) is 79.6 Å². The number of hydrogen-bond acceptors (Lipinski definition) is 7. The van der Waals surface area contributed by atoms with E-state index in [-0.39, 0.29) is 11.3 Å². The Labute approximate surface area is 222 Å². The third-order valence-electron chi connectivity index (χ3n) is 5.89. The molecular formula is C27H51NO6Si2. The van der Waals surface area contributed by atoms with Gasteiger partial charge in [-0.2, -0.15) is 0 Å². The molecule has 0 spiro atoms. The van der Waals surface area contributed by atoms with Gasteiger partial charge < -0.3 is 26.6 Å². The van der Waals surface area contributed by atoms with Crippen molar-refractivity contribution in [3.63, 3.8) is 0 Å². The van der Waals surface area contributed by atoms with E-state index in [9.17, 15) is 0 Å². The van der Waals surface area contributed by atoms with Gasteiger partial charge >= 0.3 is 17.6 Å². The van der Waals surface area contributed by atoms with Crippen LogP contribution in [-0.2, 0) is 26.6 Å². The molecule has 0 N–H and O–H groups in total. The van der Waals surface area contributed by atoms with E-state index in [1.807, 2.05) is 47.6 Å². The summed E-state index contributed by atoms with van der Waals surface area (Å²) in [5.41, 5.74) is 0.983. The maximum atomic E-state index is 6.42. The molecule has 9 heteroatoms.